The maximum atomic E-state index is 13.6. The molecule has 20 heteroatoms. The van der Waals surface area contributed by atoms with Crippen molar-refractivity contribution in [2.45, 2.75) is 116 Å². The molecule has 16 nitrogen and oxygen atoms in total. The Labute approximate surface area is 322 Å². The number of benzene rings is 1. The monoisotopic (exact) mass is 807 g/mol. The molecule has 0 spiro atoms. The summed E-state index contributed by atoms with van der Waals surface area (Å²) in [7, 11) is 0. The number of ether oxygens (including phenoxy) is 1. The molecule has 0 bridgehead atoms. The van der Waals surface area contributed by atoms with Crippen LogP contribution in [0.1, 0.15) is 116 Å². The lowest BCUT2D eigenvalue weighted by atomic mass is 10.1. The van der Waals surface area contributed by atoms with E-state index in [9.17, 15) is 66.7 Å². The molecule has 1 rings (SSSR count). The molecule has 5 N–H and O–H groups in total. The number of hydrogen-bond donors (Lipinski definition) is 5. The van der Waals surface area contributed by atoms with Gasteiger partial charge in [-0.05, 0) is 51.4 Å². The van der Waals surface area contributed by atoms with Crippen molar-refractivity contribution in [1.82, 2.24) is 25.8 Å². The quantitative estimate of drug-likeness (QED) is 0.0146. The lowest BCUT2D eigenvalue weighted by molar-refractivity contribution is -0.166. The first kappa shape index (κ1) is 49.3. The van der Waals surface area contributed by atoms with Gasteiger partial charge >= 0.3 is 5.97 Å². The zero-order valence-corrected chi connectivity index (χ0v) is 31.6. The van der Waals surface area contributed by atoms with Crippen LogP contribution in [0.2, 0.25) is 0 Å². The van der Waals surface area contributed by atoms with E-state index in [0.717, 1.165) is 12.8 Å². The van der Waals surface area contributed by atoms with Gasteiger partial charge in [0.2, 0.25) is 46.9 Å². The zero-order chi connectivity index (χ0) is 42.0. The first-order chi connectivity index (χ1) is 26.5. The number of hydroxylamine groups is 6. The second-order valence-corrected chi connectivity index (χ2v) is 13.0. The van der Waals surface area contributed by atoms with Crippen LogP contribution in [0.3, 0.4) is 0 Å². The molecule has 5 amide bonds. The highest BCUT2D eigenvalue weighted by Crippen LogP contribution is 2.27. The number of carbonyl (C=O) groups is 7. The van der Waals surface area contributed by atoms with Crippen molar-refractivity contribution in [3.63, 3.8) is 0 Å². The molecule has 56 heavy (non-hydrogen) atoms. The molecule has 0 atom stereocenters. The van der Waals surface area contributed by atoms with Gasteiger partial charge in [0, 0.05) is 84.2 Å². The molecule has 1 aromatic rings. The Bertz CT molecular complexity index is 1440. The number of ketones is 1. The highest BCUT2D eigenvalue weighted by molar-refractivity contribution is 5.85. The van der Waals surface area contributed by atoms with Crippen molar-refractivity contribution < 1.29 is 71.5 Å². The summed E-state index contributed by atoms with van der Waals surface area (Å²) in [5.74, 6) is -12.8. The van der Waals surface area contributed by atoms with Crippen molar-refractivity contribution >= 4 is 41.3 Å². The molecule has 0 aliphatic rings. The van der Waals surface area contributed by atoms with Gasteiger partial charge in [-0.25, -0.2) is 24.0 Å². The van der Waals surface area contributed by atoms with Gasteiger partial charge in [0.25, 0.3) is 0 Å². The fraction of sp³-hybridized carbons (Fsp3) is 0.639. The van der Waals surface area contributed by atoms with E-state index in [-0.39, 0.29) is 63.7 Å². The first-order valence-corrected chi connectivity index (χ1v) is 18.6. The average Bonchev–Trinajstić information content (AvgIpc) is 3.16. The lowest BCUT2D eigenvalue weighted by Crippen LogP contribution is -2.31. The van der Waals surface area contributed by atoms with Crippen molar-refractivity contribution in [1.29, 1.82) is 0 Å². The molecule has 0 saturated heterocycles. The summed E-state index contributed by atoms with van der Waals surface area (Å²) in [4.78, 5) is 82.9. The number of unbranched alkanes of at least 4 members (excludes halogenated alkanes) is 7. The average molecular weight is 808 g/mol. The van der Waals surface area contributed by atoms with Crippen LogP contribution in [-0.2, 0) is 33.6 Å². The Morgan fingerprint density at radius 3 is 1.48 bits per heavy atom. The van der Waals surface area contributed by atoms with E-state index < -0.39 is 77.4 Å². The second-order valence-electron chi connectivity index (χ2n) is 13.0. The molecule has 0 unspecified atom stereocenters. The summed E-state index contributed by atoms with van der Waals surface area (Å²) in [6.07, 6.45) is 4.39. The van der Waals surface area contributed by atoms with Gasteiger partial charge in [-0.1, -0.05) is 12.8 Å². The molecule has 316 valence electrons. The smallest absolute Gasteiger partial charge is 0.311 e. The van der Waals surface area contributed by atoms with E-state index in [1.165, 1.54) is 6.92 Å². The Balaban J connectivity index is 2.05. The summed E-state index contributed by atoms with van der Waals surface area (Å²) in [5, 5.41) is 36.1. The minimum absolute atomic E-state index is 0.0207. The van der Waals surface area contributed by atoms with Crippen LogP contribution in [0.4, 0.5) is 17.6 Å². The largest absolute Gasteiger partial charge is 0.420 e. The van der Waals surface area contributed by atoms with E-state index in [0.29, 0.717) is 79.5 Å². The summed E-state index contributed by atoms with van der Waals surface area (Å²) < 4.78 is 58.0. The van der Waals surface area contributed by atoms with Crippen LogP contribution in [0.25, 0.3) is 0 Å². The minimum atomic E-state index is -1.88. The molecule has 0 fully saturated rings. The highest BCUT2D eigenvalue weighted by atomic mass is 19.2. The predicted molar refractivity (Wildman–Crippen MR) is 188 cm³/mol. The van der Waals surface area contributed by atoms with E-state index in [4.69, 9.17) is 0 Å². The normalized spacial score (nSPS) is 10.8. The third-order valence-electron chi connectivity index (χ3n) is 8.28. The van der Waals surface area contributed by atoms with Crippen LogP contribution in [0.5, 0.6) is 5.75 Å². The molecule has 0 aromatic heterocycles. The molecular formula is C36H53F4N5O11. The van der Waals surface area contributed by atoms with E-state index in [2.05, 4.69) is 15.4 Å². The molecule has 0 aliphatic heterocycles. The molecule has 0 radical (unpaired) electrons. The number of amides is 5. The SMILES string of the molecule is CC(=O)N(O)CCCCCCC(=O)CCC(=O)N(O)CCCCCNC(=O)CCC(=O)N(O)CCCCCNC(=O)CCC(=O)Oc1c(F)c(F)cc(F)c1F. The predicted octanol–water partition coefficient (Wildman–Crippen LogP) is 4.25. The molecular weight excluding hydrogens is 754 g/mol. The highest BCUT2D eigenvalue weighted by Gasteiger charge is 2.23. The van der Waals surface area contributed by atoms with Crippen LogP contribution in [0.15, 0.2) is 6.07 Å². The number of hydrogen-bond acceptors (Lipinski definition) is 11. The second kappa shape index (κ2) is 27.8. The van der Waals surface area contributed by atoms with Gasteiger partial charge in [-0.15, -0.1) is 0 Å². The van der Waals surface area contributed by atoms with E-state index in [1.807, 2.05) is 0 Å². The van der Waals surface area contributed by atoms with Crippen molar-refractivity contribution in [3.05, 3.63) is 29.3 Å². The number of carbonyl (C=O) groups excluding carboxylic acids is 7. The summed E-state index contributed by atoms with van der Waals surface area (Å²) >= 11 is 0. The number of rotatable bonds is 29. The number of esters is 1. The maximum Gasteiger partial charge on any atom is 0.311 e. The van der Waals surface area contributed by atoms with Gasteiger partial charge in [-0.3, -0.25) is 49.2 Å². The topological polar surface area (TPSA) is 223 Å². The van der Waals surface area contributed by atoms with Crippen molar-refractivity contribution in [3.8, 4) is 5.75 Å². The van der Waals surface area contributed by atoms with E-state index >= 15 is 0 Å². The summed E-state index contributed by atoms with van der Waals surface area (Å²) in [5.41, 5.74) is 0. The molecule has 0 aliphatic carbocycles. The van der Waals surface area contributed by atoms with Gasteiger partial charge in [0.15, 0.2) is 11.6 Å². The number of Topliss-reactive ketones (excluding diaryl/α,β-unsaturated/α-hetero) is 1. The fourth-order valence-electron chi connectivity index (χ4n) is 4.97. The van der Waals surface area contributed by atoms with Crippen molar-refractivity contribution in [2.24, 2.45) is 0 Å². The number of nitrogens with one attached hydrogen (secondary N) is 2. The summed E-state index contributed by atoms with van der Waals surface area (Å²) in [6.45, 7) is 2.01. The lowest BCUT2D eigenvalue weighted by Gasteiger charge is -2.15. The third kappa shape index (κ3) is 21.4. The maximum absolute atomic E-state index is 13.6. The first-order valence-electron chi connectivity index (χ1n) is 18.6. The van der Waals surface area contributed by atoms with Crippen LogP contribution in [0, 0.1) is 23.3 Å². The Kier molecular flexibility index (Phi) is 24.5. The van der Waals surface area contributed by atoms with Gasteiger partial charge in [-0.2, -0.15) is 8.78 Å². The standard InChI is InChI=1S/C36H53F4N5O11/c1-25(46)43(53)21-9-3-2-6-12-26(47)13-16-31(50)44(54)22-10-4-7-19-41-29(48)14-17-32(51)45(55)23-11-5-8-20-42-30(49)15-18-33(52)56-36-34(39)27(37)24-28(38)35(36)40/h24,53-55H,2-23H2,1H3,(H,41,48)(H,42,49). The van der Waals surface area contributed by atoms with Crippen LogP contribution < -0.4 is 15.4 Å². The van der Waals surface area contributed by atoms with Gasteiger partial charge in [0.1, 0.15) is 5.78 Å². The Hall–Kier alpha value is -4.69. The van der Waals surface area contributed by atoms with Gasteiger partial charge < -0.3 is 15.4 Å². The Morgan fingerprint density at radius 2 is 0.982 bits per heavy atom. The van der Waals surface area contributed by atoms with Crippen molar-refractivity contribution in [2.75, 3.05) is 32.7 Å². The third-order valence-corrected chi connectivity index (χ3v) is 8.28. The van der Waals surface area contributed by atoms with E-state index in [1.54, 1.807) is 0 Å². The fourth-order valence-corrected chi connectivity index (χ4v) is 4.97. The molecule has 1 aromatic carbocycles. The van der Waals surface area contributed by atoms with Gasteiger partial charge in [0.05, 0.1) is 6.42 Å². The molecule has 0 heterocycles. The summed E-state index contributed by atoms with van der Waals surface area (Å²) in [6, 6.07) is -0.0415. The molecule has 0 saturated carbocycles. The number of nitrogens with zero attached hydrogens (tertiary/aromatic N) is 3. The zero-order valence-electron chi connectivity index (χ0n) is 31.6. The van der Waals surface area contributed by atoms with Crippen LogP contribution >= 0.6 is 0 Å². The number of halogens is 4. The Morgan fingerprint density at radius 1 is 0.554 bits per heavy atom. The minimum Gasteiger partial charge on any atom is -0.420 e. The van der Waals surface area contributed by atoms with Crippen LogP contribution in [-0.4, -0.2) is 105 Å².